The average molecular weight is 414 g/mol. The fourth-order valence-electron chi connectivity index (χ4n) is 2.49. The van der Waals surface area contributed by atoms with Crippen LogP contribution in [0, 0.1) is 0 Å². The van der Waals surface area contributed by atoms with Gasteiger partial charge in [0, 0.05) is 11.6 Å². The second-order valence-corrected chi connectivity index (χ2v) is 5.79. The van der Waals surface area contributed by atoms with Crippen molar-refractivity contribution in [3.63, 3.8) is 0 Å². The maximum absolute atomic E-state index is 12.3. The highest BCUT2D eigenvalue weighted by Gasteiger charge is 2.22. The zero-order valence-corrected chi connectivity index (χ0v) is 16.5. The molecule has 10 heteroatoms. The largest absolute Gasteiger partial charge is 0.493 e. The van der Waals surface area contributed by atoms with Crippen LogP contribution in [0.1, 0.15) is 29.8 Å². The maximum Gasteiger partial charge on any atom is 0.326 e. The summed E-state index contributed by atoms with van der Waals surface area (Å²) in [6.45, 7) is 0.470. The van der Waals surface area contributed by atoms with Crippen LogP contribution >= 0.6 is 12.4 Å². The number of hydrogen-bond acceptors (Lipinski definition) is 7. The first-order valence-electron chi connectivity index (χ1n) is 8.43. The Balaban J connectivity index is 0.00000392. The van der Waals surface area contributed by atoms with Gasteiger partial charge in [0.1, 0.15) is 6.04 Å². The summed E-state index contributed by atoms with van der Waals surface area (Å²) >= 11 is 0. The van der Waals surface area contributed by atoms with E-state index in [4.69, 9.17) is 19.7 Å². The Labute approximate surface area is 168 Å². The number of aromatic nitrogens is 1. The topological polar surface area (TPSA) is 137 Å². The van der Waals surface area contributed by atoms with E-state index < -0.39 is 17.9 Å². The van der Waals surface area contributed by atoms with Gasteiger partial charge in [0.15, 0.2) is 23.0 Å². The summed E-state index contributed by atoms with van der Waals surface area (Å²) in [4.78, 5) is 23.6. The summed E-state index contributed by atoms with van der Waals surface area (Å²) in [5.74, 6) is -0.325. The van der Waals surface area contributed by atoms with Crippen molar-refractivity contribution in [1.29, 1.82) is 0 Å². The molecule has 9 nitrogen and oxygen atoms in total. The number of carbonyl (C=O) groups is 2. The molecule has 1 heterocycles. The summed E-state index contributed by atoms with van der Waals surface area (Å²) in [7, 11) is 3.04. The third-order valence-electron chi connectivity index (χ3n) is 3.96. The molecule has 0 aliphatic rings. The van der Waals surface area contributed by atoms with E-state index in [1.165, 1.54) is 20.3 Å². The minimum absolute atomic E-state index is 0. The van der Waals surface area contributed by atoms with Crippen LogP contribution in [-0.2, 0) is 4.79 Å². The zero-order valence-electron chi connectivity index (χ0n) is 15.6. The van der Waals surface area contributed by atoms with E-state index in [1.54, 1.807) is 18.2 Å². The van der Waals surface area contributed by atoms with E-state index in [9.17, 15) is 14.7 Å². The van der Waals surface area contributed by atoms with Crippen LogP contribution in [0.4, 0.5) is 0 Å². The molecule has 0 fully saturated rings. The number of unbranched alkanes of at least 4 members (excludes halogenated alkanes) is 1. The highest BCUT2D eigenvalue weighted by Crippen LogP contribution is 2.32. The number of aliphatic carboxylic acids is 1. The third kappa shape index (κ3) is 5.86. The molecule has 1 amide bonds. The molecule has 28 heavy (non-hydrogen) atoms. The molecule has 1 atom stereocenters. The standard InChI is InChI=1S/C18H23N3O6.ClH/c1-25-14-7-6-11(9-16(14)26-2)15-10-13(21-27-15)17(22)20-12(18(23)24)5-3-4-8-19;/h6-7,9-10,12H,3-5,8,19H2,1-2H3,(H,20,22)(H,23,24);1H/t12-;/m0./s1. The van der Waals surface area contributed by atoms with Crippen LogP contribution in [0.5, 0.6) is 11.5 Å². The van der Waals surface area contributed by atoms with Gasteiger partial charge in [-0.3, -0.25) is 4.79 Å². The number of benzene rings is 1. The summed E-state index contributed by atoms with van der Waals surface area (Å²) in [5, 5.41) is 15.4. The summed E-state index contributed by atoms with van der Waals surface area (Å²) in [5.41, 5.74) is 6.03. The molecule has 0 aliphatic heterocycles. The summed E-state index contributed by atoms with van der Waals surface area (Å²) in [6, 6.07) is 5.55. The molecule has 154 valence electrons. The number of nitrogens with zero attached hydrogens (tertiary/aromatic N) is 1. The van der Waals surface area contributed by atoms with Gasteiger partial charge in [-0.2, -0.15) is 0 Å². The van der Waals surface area contributed by atoms with E-state index >= 15 is 0 Å². The van der Waals surface area contributed by atoms with Gasteiger partial charge < -0.3 is 30.2 Å². The molecule has 0 radical (unpaired) electrons. The number of rotatable bonds is 10. The molecule has 0 saturated heterocycles. The monoisotopic (exact) mass is 413 g/mol. The van der Waals surface area contributed by atoms with Crippen molar-refractivity contribution >= 4 is 24.3 Å². The fourth-order valence-corrected chi connectivity index (χ4v) is 2.49. The Morgan fingerprint density at radius 2 is 1.93 bits per heavy atom. The number of ether oxygens (including phenoxy) is 2. The number of carboxylic acid groups (broad SMARTS) is 1. The van der Waals surface area contributed by atoms with Crippen molar-refractivity contribution in [2.24, 2.45) is 5.73 Å². The third-order valence-corrected chi connectivity index (χ3v) is 3.96. The van der Waals surface area contributed by atoms with Gasteiger partial charge in [0.2, 0.25) is 0 Å². The first-order chi connectivity index (χ1) is 13.0. The molecular formula is C18H24ClN3O6. The van der Waals surface area contributed by atoms with Gasteiger partial charge in [0.25, 0.3) is 5.91 Å². The van der Waals surface area contributed by atoms with Crippen LogP contribution in [0.2, 0.25) is 0 Å². The maximum atomic E-state index is 12.3. The second-order valence-electron chi connectivity index (χ2n) is 5.79. The van der Waals surface area contributed by atoms with Crippen LogP contribution in [-0.4, -0.2) is 48.9 Å². The summed E-state index contributed by atoms with van der Waals surface area (Å²) < 4.78 is 15.6. The minimum Gasteiger partial charge on any atom is -0.493 e. The van der Waals surface area contributed by atoms with E-state index in [-0.39, 0.29) is 18.1 Å². The highest BCUT2D eigenvalue weighted by atomic mass is 35.5. The Bertz CT molecular complexity index is 795. The van der Waals surface area contributed by atoms with Crippen molar-refractivity contribution < 1.29 is 28.7 Å². The molecule has 2 rings (SSSR count). The van der Waals surface area contributed by atoms with Gasteiger partial charge in [0.05, 0.1) is 14.2 Å². The smallest absolute Gasteiger partial charge is 0.326 e. The predicted molar refractivity (Wildman–Crippen MR) is 104 cm³/mol. The average Bonchev–Trinajstić information content (AvgIpc) is 3.16. The lowest BCUT2D eigenvalue weighted by Crippen LogP contribution is -2.40. The molecule has 0 saturated carbocycles. The molecule has 0 bridgehead atoms. The minimum atomic E-state index is -1.11. The number of carboxylic acids is 1. The van der Waals surface area contributed by atoms with Crippen molar-refractivity contribution in [3.8, 4) is 22.8 Å². The lowest BCUT2D eigenvalue weighted by atomic mass is 10.1. The van der Waals surface area contributed by atoms with Gasteiger partial charge in [-0.1, -0.05) is 5.16 Å². The van der Waals surface area contributed by atoms with E-state index in [0.717, 1.165) is 0 Å². The predicted octanol–water partition coefficient (Wildman–Crippen LogP) is 2.09. The number of amides is 1. The number of nitrogens with two attached hydrogens (primary N) is 1. The second kappa shape index (κ2) is 11.2. The number of nitrogens with one attached hydrogen (secondary N) is 1. The lowest BCUT2D eigenvalue weighted by molar-refractivity contribution is -0.139. The molecule has 4 N–H and O–H groups in total. The SMILES string of the molecule is COc1ccc(-c2cc(C(=O)N[C@@H](CCCCN)C(=O)O)no2)cc1OC.Cl. The quantitative estimate of drug-likeness (QED) is 0.503. The van der Waals surface area contributed by atoms with E-state index in [0.29, 0.717) is 48.6 Å². The van der Waals surface area contributed by atoms with Crippen LogP contribution in [0.3, 0.4) is 0 Å². The Morgan fingerprint density at radius 3 is 2.54 bits per heavy atom. The molecule has 1 aromatic heterocycles. The fraction of sp³-hybridized carbons (Fsp3) is 0.389. The number of halogens is 1. The Hall–Kier alpha value is -2.78. The molecule has 1 aromatic carbocycles. The normalized spacial score (nSPS) is 11.2. The number of methoxy groups -OCH3 is 2. The van der Waals surface area contributed by atoms with Crippen molar-refractivity contribution in [1.82, 2.24) is 10.5 Å². The molecule has 0 aliphatic carbocycles. The first-order valence-corrected chi connectivity index (χ1v) is 8.43. The molecule has 0 unspecified atom stereocenters. The molecule has 0 spiro atoms. The lowest BCUT2D eigenvalue weighted by Gasteiger charge is -2.12. The van der Waals surface area contributed by atoms with Crippen molar-refractivity contribution in [3.05, 3.63) is 30.0 Å². The number of hydrogen-bond donors (Lipinski definition) is 3. The Kier molecular flexibility index (Phi) is 9.26. The highest BCUT2D eigenvalue weighted by molar-refractivity contribution is 5.95. The van der Waals surface area contributed by atoms with Crippen molar-refractivity contribution in [2.75, 3.05) is 20.8 Å². The van der Waals surface area contributed by atoms with Crippen LogP contribution in [0.15, 0.2) is 28.8 Å². The summed E-state index contributed by atoms with van der Waals surface area (Å²) in [6.07, 6.45) is 1.58. The molecular weight excluding hydrogens is 390 g/mol. The van der Waals surface area contributed by atoms with Crippen LogP contribution in [0.25, 0.3) is 11.3 Å². The zero-order chi connectivity index (χ0) is 19.8. The number of carbonyl (C=O) groups excluding carboxylic acids is 1. The van der Waals surface area contributed by atoms with E-state index in [2.05, 4.69) is 10.5 Å². The van der Waals surface area contributed by atoms with Crippen molar-refractivity contribution in [2.45, 2.75) is 25.3 Å². The van der Waals surface area contributed by atoms with Gasteiger partial charge >= 0.3 is 5.97 Å². The van der Waals surface area contributed by atoms with E-state index in [1.807, 2.05) is 0 Å². The first kappa shape index (κ1) is 23.3. The van der Waals surface area contributed by atoms with Crippen LogP contribution < -0.4 is 20.5 Å². The Morgan fingerprint density at radius 1 is 1.21 bits per heavy atom. The molecule has 2 aromatic rings. The van der Waals surface area contributed by atoms with Gasteiger partial charge in [-0.25, -0.2) is 4.79 Å². The van der Waals surface area contributed by atoms with Gasteiger partial charge in [-0.15, -0.1) is 12.4 Å². The van der Waals surface area contributed by atoms with Gasteiger partial charge in [-0.05, 0) is 44.0 Å².